The highest BCUT2D eigenvalue weighted by atomic mass is 19.1. The van der Waals surface area contributed by atoms with Crippen molar-refractivity contribution in [2.75, 3.05) is 13.6 Å². The SMILES string of the molecule is CC(C)NCCC(C)N(C)Cc1ccccc1F. The Balaban J connectivity index is 2.40. The Bertz CT molecular complexity index is 352. The van der Waals surface area contributed by atoms with E-state index >= 15 is 0 Å². The van der Waals surface area contributed by atoms with Crippen LogP contribution in [0.1, 0.15) is 32.8 Å². The Hall–Kier alpha value is -0.930. The van der Waals surface area contributed by atoms with Gasteiger partial charge in [0, 0.05) is 24.2 Å². The summed E-state index contributed by atoms with van der Waals surface area (Å²) < 4.78 is 13.5. The van der Waals surface area contributed by atoms with E-state index in [-0.39, 0.29) is 5.82 Å². The van der Waals surface area contributed by atoms with Crippen LogP contribution in [-0.2, 0) is 6.54 Å². The molecular weight excluding hydrogens is 227 g/mol. The number of nitrogens with zero attached hydrogens (tertiary/aromatic N) is 1. The van der Waals surface area contributed by atoms with Crippen molar-refractivity contribution in [1.29, 1.82) is 0 Å². The van der Waals surface area contributed by atoms with Crippen molar-refractivity contribution in [1.82, 2.24) is 10.2 Å². The maximum atomic E-state index is 13.5. The first-order chi connectivity index (χ1) is 8.50. The van der Waals surface area contributed by atoms with Crippen LogP contribution < -0.4 is 5.32 Å². The molecule has 3 heteroatoms. The minimum Gasteiger partial charge on any atom is -0.314 e. The summed E-state index contributed by atoms with van der Waals surface area (Å²) in [4.78, 5) is 2.19. The molecule has 0 fully saturated rings. The lowest BCUT2D eigenvalue weighted by atomic mass is 10.1. The summed E-state index contributed by atoms with van der Waals surface area (Å²) in [5.74, 6) is -0.114. The van der Waals surface area contributed by atoms with Gasteiger partial charge in [0.05, 0.1) is 0 Å². The number of hydrogen-bond acceptors (Lipinski definition) is 2. The van der Waals surface area contributed by atoms with Crippen LogP contribution in [0.2, 0.25) is 0 Å². The first-order valence-corrected chi connectivity index (χ1v) is 6.67. The lowest BCUT2D eigenvalue weighted by molar-refractivity contribution is 0.232. The molecule has 1 unspecified atom stereocenters. The first-order valence-electron chi connectivity index (χ1n) is 6.67. The van der Waals surface area contributed by atoms with Gasteiger partial charge in [-0.25, -0.2) is 4.39 Å². The maximum Gasteiger partial charge on any atom is 0.127 e. The summed E-state index contributed by atoms with van der Waals surface area (Å²) in [5.41, 5.74) is 0.767. The van der Waals surface area contributed by atoms with Crippen LogP contribution in [0.3, 0.4) is 0 Å². The molecule has 0 amide bonds. The fraction of sp³-hybridized carbons (Fsp3) is 0.600. The van der Waals surface area contributed by atoms with E-state index in [0.717, 1.165) is 18.5 Å². The van der Waals surface area contributed by atoms with Gasteiger partial charge in [-0.05, 0) is 33.0 Å². The second-order valence-corrected chi connectivity index (χ2v) is 5.25. The van der Waals surface area contributed by atoms with Gasteiger partial charge in [-0.15, -0.1) is 0 Å². The van der Waals surface area contributed by atoms with E-state index in [2.05, 4.69) is 31.0 Å². The molecule has 0 spiro atoms. The topological polar surface area (TPSA) is 15.3 Å². The Morgan fingerprint density at radius 3 is 2.50 bits per heavy atom. The van der Waals surface area contributed by atoms with Crippen LogP contribution in [0.15, 0.2) is 24.3 Å². The van der Waals surface area contributed by atoms with Gasteiger partial charge in [0.25, 0.3) is 0 Å². The standard InChI is InChI=1S/C15H25FN2/c1-12(2)17-10-9-13(3)18(4)11-14-7-5-6-8-15(14)16/h5-8,12-13,17H,9-11H2,1-4H3. The fourth-order valence-corrected chi connectivity index (χ4v) is 1.85. The van der Waals surface area contributed by atoms with Crippen molar-refractivity contribution in [2.45, 2.75) is 45.8 Å². The normalized spacial score (nSPS) is 13.3. The molecule has 2 nitrogen and oxygen atoms in total. The Kier molecular flexibility index (Phi) is 6.30. The summed E-state index contributed by atoms with van der Waals surface area (Å²) in [5, 5.41) is 3.41. The highest BCUT2D eigenvalue weighted by Crippen LogP contribution is 2.11. The Morgan fingerprint density at radius 1 is 1.22 bits per heavy atom. The van der Waals surface area contributed by atoms with Gasteiger partial charge in [0.1, 0.15) is 5.82 Å². The second kappa shape index (κ2) is 7.49. The number of nitrogens with one attached hydrogen (secondary N) is 1. The molecule has 0 aromatic heterocycles. The molecule has 0 aliphatic rings. The molecule has 0 aliphatic carbocycles. The predicted molar refractivity (Wildman–Crippen MR) is 75.1 cm³/mol. The average Bonchev–Trinajstić information content (AvgIpc) is 2.31. The molecule has 0 saturated heterocycles. The molecule has 0 aliphatic heterocycles. The molecule has 0 heterocycles. The third-order valence-electron chi connectivity index (χ3n) is 3.24. The van der Waals surface area contributed by atoms with Crippen LogP contribution in [-0.4, -0.2) is 30.6 Å². The second-order valence-electron chi connectivity index (χ2n) is 5.25. The third kappa shape index (κ3) is 5.15. The monoisotopic (exact) mass is 252 g/mol. The number of hydrogen-bond donors (Lipinski definition) is 1. The van der Waals surface area contributed by atoms with Crippen LogP contribution in [0, 0.1) is 5.82 Å². The van der Waals surface area contributed by atoms with E-state index in [1.54, 1.807) is 6.07 Å². The van der Waals surface area contributed by atoms with E-state index in [4.69, 9.17) is 0 Å². The Morgan fingerprint density at radius 2 is 1.89 bits per heavy atom. The van der Waals surface area contributed by atoms with Crippen molar-refractivity contribution < 1.29 is 4.39 Å². The lowest BCUT2D eigenvalue weighted by Gasteiger charge is -2.25. The summed E-state index contributed by atoms with van der Waals surface area (Å²) in [7, 11) is 2.05. The summed E-state index contributed by atoms with van der Waals surface area (Å²) in [6.07, 6.45) is 1.07. The molecular formula is C15H25FN2. The number of benzene rings is 1. The number of halogens is 1. The summed E-state index contributed by atoms with van der Waals surface area (Å²) in [6.45, 7) is 8.14. The molecule has 18 heavy (non-hydrogen) atoms. The zero-order valence-electron chi connectivity index (χ0n) is 11.9. The zero-order valence-corrected chi connectivity index (χ0v) is 11.9. The molecule has 0 saturated carbocycles. The highest BCUT2D eigenvalue weighted by Gasteiger charge is 2.11. The largest absolute Gasteiger partial charge is 0.314 e. The smallest absolute Gasteiger partial charge is 0.127 e. The van der Waals surface area contributed by atoms with E-state index in [0.29, 0.717) is 18.6 Å². The molecule has 102 valence electrons. The van der Waals surface area contributed by atoms with Gasteiger partial charge in [-0.2, -0.15) is 0 Å². The van der Waals surface area contributed by atoms with Gasteiger partial charge in [-0.3, -0.25) is 4.90 Å². The first kappa shape index (κ1) is 15.1. The quantitative estimate of drug-likeness (QED) is 0.802. The van der Waals surface area contributed by atoms with Gasteiger partial charge in [0.2, 0.25) is 0 Å². The van der Waals surface area contributed by atoms with E-state index in [9.17, 15) is 4.39 Å². The van der Waals surface area contributed by atoms with Crippen molar-refractivity contribution in [3.63, 3.8) is 0 Å². The zero-order chi connectivity index (χ0) is 13.5. The molecule has 1 rings (SSSR count). The molecule has 0 radical (unpaired) electrons. The van der Waals surface area contributed by atoms with Crippen LogP contribution in [0.5, 0.6) is 0 Å². The highest BCUT2D eigenvalue weighted by molar-refractivity contribution is 5.17. The molecule has 1 aromatic rings. The summed E-state index contributed by atoms with van der Waals surface area (Å²) in [6, 6.07) is 7.95. The van der Waals surface area contributed by atoms with Crippen molar-refractivity contribution in [2.24, 2.45) is 0 Å². The molecule has 1 aromatic carbocycles. The van der Waals surface area contributed by atoms with E-state index in [1.807, 2.05) is 19.2 Å². The van der Waals surface area contributed by atoms with Crippen molar-refractivity contribution >= 4 is 0 Å². The number of rotatable bonds is 7. The predicted octanol–water partition coefficient (Wildman–Crippen LogP) is 3.03. The third-order valence-corrected chi connectivity index (χ3v) is 3.24. The van der Waals surface area contributed by atoms with Crippen LogP contribution in [0.4, 0.5) is 4.39 Å². The molecule has 1 N–H and O–H groups in total. The van der Waals surface area contributed by atoms with Crippen LogP contribution >= 0.6 is 0 Å². The minimum absolute atomic E-state index is 0.114. The fourth-order valence-electron chi connectivity index (χ4n) is 1.85. The van der Waals surface area contributed by atoms with Gasteiger partial charge >= 0.3 is 0 Å². The molecule has 0 bridgehead atoms. The minimum atomic E-state index is -0.114. The van der Waals surface area contributed by atoms with Crippen LogP contribution in [0.25, 0.3) is 0 Å². The van der Waals surface area contributed by atoms with E-state index < -0.39 is 0 Å². The lowest BCUT2D eigenvalue weighted by Crippen LogP contribution is -2.33. The van der Waals surface area contributed by atoms with E-state index in [1.165, 1.54) is 6.07 Å². The van der Waals surface area contributed by atoms with Gasteiger partial charge in [-0.1, -0.05) is 32.0 Å². The Labute approximate surface area is 110 Å². The summed E-state index contributed by atoms with van der Waals surface area (Å²) >= 11 is 0. The van der Waals surface area contributed by atoms with Gasteiger partial charge in [0.15, 0.2) is 0 Å². The molecule has 1 atom stereocenters. The van der Waals surface area contributed by atoms with Crippen molar-refractivity contribution in [3.05, 3.63) is 35.6 Å². The van der Waals surface area contributed by atoms with Gasteiger partial charge < -0.3 is 5.32 Å². The average molecular weight is 252 g/mol. The maximum absolute atomic E-state index is 13.5. The van der Waals surface area contributed by atoms with Crippen molar-refractivity contribution in [3.8, 4) is 0 Å².